The first-order valence-electron chi connectivity index (χ1n) is 11.2. The molecule has 0 saturated heterocycles. The number of pyridine rings is 1. The van der Waals surface area contributed by atoms with Gasteiger partial charge in [-0.2, -0.15) is 0 Å². The summed E-state index contributed by atoms with van der Waals surface area (Å²) in [6.45, 7) is 5.95. The number of amides is 2. The van der Waals surface area contributed by atoms with Gasteiger partial charge in [0.15, 0.2) is 6.61 Å². The number of hydrogen-bond donors (Lipinski definition) is 2. The average molecular weight is 448 g/mol. The number of para-hydroxylation sites is 1. The van der Waals surface area contributed by atoms with E-state index in [1.54, 1.807) is 24.3 Å². The van der Waals surface area contributed by atoms with Crippen molar-refractivity contribution >= 4 is 34.4 Å². The fourth-order valence-corrected chi connectivity index (χ4v) is 3.76. The van der Waals surface area contributed by atoms with Gasteiger partial charge in [0.25, 0.3) is 11.8 Å². The maximum Gasteiger partial charge on any atom is 0.339 e. The first-order chi connectivity index (χ1) is 16.0. The molecule has 7 nitrogen and oxygen atoms in total. The van der Waals surface area contributed by atoms with E-state index >= 15 is 0 Å². The zero-order valence-corrected chi connectivity index (χ0v) is 19.2. The minimum atomic E-state index is -0.547. The van der Waals surface area contributed by atoms with Gasteiger partial charge in [-0.25, -0.2) is 4.79 Å². The lowest BCUT2D eigenvalue weighted by atomic mass is 9.96. The monoisotopic (exact) mass is 447 g/mol. The van der Waals surface area contributed by atoms with Gasteiger partial charge in [0.2, 0.25) is 0 Å². The number of carbonyl (C=O) groups is 3. The Morgan fingerprint density at radius 3 is 2.52 bits per heavy atom. The van der Waals surface area contributed by atoms with Gasteiger partial charge in [0, 0.05) is 28.9 Å². The molecule has 33 heavy (non-hydrogen) atoms. The van der Waals surface area contributed by atoms with Gasteiger partial charge in [-0.15, -0.1) is 0 Å². The quantitative estimate of drug-likeness (QED) is 0.477. The van der Waals surface area contributed by atoms with Gasteiger partial charge < -0.3 is 15.4 Å². The Kier molecular flexibility index (Phi) is 8.13. The molecular formula is C26H29N3O4. The lowest BCUT2D eigenvalue weighted by molar-refractivity contribution is -0.119. The summed E-state index contributed by atoms with van der Waals surface area (Å²) in [7, 11) is 0. The van der Waals surface area contributed by atoms with E-state index in [2.05, 4.69) is 17.6 Å². The van der Waals surface area contributed by atoms with Crippen molar-refractivity contribution < 1.29 is 19.1 Å². The molecule has 0 aliphatic rings. The molecule has 0 aliphatic carbocycles. The van der Waals surface area contributed by atoms with Crippen LogP contribution in [0.25, 0.3) is 10.9 Å². The molecule has 2 N–H and O–H groups in total. The predicted octanol–water partition coefficient (Wildman–Crippen LogP) is 4.29. The standard InChI is InChI=1S/C26H29N3O4/c1-4-10-21-19(5-2)24(20-13-7-8-14-22(20)29-21)26(32)33-16-23(30)28-18-12-9-11-17(15-18)25(31)27-6-3/h7-9,11-15H,4-6,10,16H2,1-3H3,(H,27,31)(H,28,30). The molecule has 1 aromatic heterocycles. The minimum absolute atomic E-state index is 0.223. The summed E-state index contributed by atoms with van der Waals surface area (Å²) >= 11 is 0. The van der Waals surface area contributed by atoms with E-state index in [0.29, 0.717) is 35.2 Å². The zero-order chi connectivity index (χ0) is 23.8. The number of aryl methyl sites for hydroxylation is 1. The lowest BCUT2D eigenvalue weighted by Gasteiger charge is -2.15. The van der Waals surface area contributed by atoms with Crippen molar-refractivity contribution in [3.63, 3.8) is 0 Å². The summed E-state index contributed by atoms with van der Waals surface area (Å²) < 4.78 is 5.40. The first-order valence-corrected chi connectivity index (χ1v) is 11.2. The number of ether oxygens (including phenoxy) is 1. The smallest absolute Gasteiger partial charge is 0.339 e. The van der Waals surface area contributed by atoms with E-state index in [9.17, 15) is 14.4 Å². The van der Waals surface area contributed by atoms with Crippen molar-refractivity contribution in [1.82, 2.24) is 10.3 Å². The fourth-order valence-electron chi connectivity index (χ4n) is 3.76. The highest BCUT2D eigenvalue weighted by atomic mass is 16.5. The van der Waals surface area contributed by atoms with E-state index in [4.69, 9.17) is 9.72 Å². The van der Waals surface area contributed by atoms with Crippen LogP contribution < -0.4 is 10.6 Å². The number of fused-ring (bicyclic) bond motifs is 1. The van der Waals surface area contributed by atoms with Gasteiger partial charge >= 0.3 is 5.97 Å². The number of hydrogen-bond acceptors (Lipinski definition) is 5. The van der Waals surface area contributed by atoms with Crippen LogP contribution in [0, 0.1) is 0 Å². The second-order valence-corrected chi connectivity index (χ2v) is 7.60. The van der Waals surface area contributed by atoms with Crippen LogP contribution in [0.4, 0.5) is 5.69 Å². The summed E-state index contributed by atoms with van der Waals surface area (Å²) in [5.74, 6) is -1.25. The van der Waals surface area contributed by atoms with Crippen LogP contribution in [0.15, 0.2) is 48.5 Å². The lowest BCUT2D eigenvalue weighted by Crippen LogP contribution is -2.24. The first kappa shape index (κ1) is 23.9. The Morgan fingerprint density at radius 2 is 1.79 bits per heavy atom. The van der Waals surface area contributed by atoms with Crippen molar-refractivity contribution in [2.75, 3.05) is 18.5 Å². The zero-order valence-electron chi connectivity index (χ0n) is 19.2. The Morgan fingerprint density at radius 1 is 1.00 bits per heavy atom. The van der Waals surface area contributed by atoms with Crippen LogP contribution in [0.1, 0.15) is 59.2 Å². The van der Waals surface area contributed by atoms with E-state index in [1.807, 2.05) is 38.1 Å². The third-order valence-corrected chi connectivity index (χ3v) is 5.20. The van der Waals surface area contributed by atoms with Crippen molar-refractivity contribution in [1.29, 1.82) is 0 Å². The Balaban J connectivity index is 1.76. The third-order valence-electron chi connectivity index (χ3n) is 5.20. The van der Waals surface area contributed by atoms with Gasteiger partial charge in [-0.05, 0) is 49.6 Å². The number of rotatable bonds is 9. The molecule has 0 fully saturated rings. The molecule has 0 spiro atoms. The Bertz CT molecular complexity index is 1170. The summed E-state index contributed by atoms with van der Waals surface area (Å²) in [6, 6.07) is 14.0. The molecule has 3 rings (SSSR count). The molecular weight excluding hydrogens is 418 g/mol. The molecule has 0 saturated carbocycles. The van der Waals surface area contributed by atoms with Gasteiger partial charge in [-0.1, -0.05) is 44.5 Å². The number of anilines is 1. The van der Waals surface area contributed by atoms with Crippen molar-refractivity contribution in [3.05, 3.63) is 70.9 Å². The predicted molar refractivity (Wildman–Crippen MR) is 128 cm³/mol. The normalized spacial score (nSPS) is 10.6. The molecule has 2 aromatic carbocycles. The summed E-state index contributed by atoms with van der Waals surface area (Å²) in [4.78, 5) is 42.3. The van der Waals surface area contributed by atoms with E-state index in [1.165, 1.54) is 0 Å². The second-order valence-electron chi connectivity index (χ2n) is 7.60. The number of carbonyl (C=O) groups excluding carboxylic acids is 3. The minimum Gasteiger partial charge on any atom is -0.452 e. The topological polar surface area (TPSA) is 97.4 Å². The Hall–Kier alpha value is -3.74. The highest BCUT2D eigenvalue weighted by Gasteiger charge is 2.21. The van der Waals surface area contributed by atoms with Crippen molar-refractivity contribution in [2.45, 2.75) is 40.0 Å². The molecule has 0 aliphatic heterocycles. The van der Waals surface area contributed by atoms with E-state index in [-0.39, 0.29) is 5.91 Å². The van der Waals surface area contributed by atoms with Gasteiger partial charge in [0.05, 0.1) is 11.1 Å². The summed E-state index contributed by atoms with van der Waals surface area (Å²) in [5.41, 5.74) is 3.83. The SMILES string of the molecule is CCCc1nc2ccccc2c(C(=O)OCC(=O)Nc2cccc(C(=O)NCC)c2)c1CC. The average Bonchev–Trinajstić information content (AvgIpc) is 2.82. The molecule has 0 radical (unpaired) electrons. The highest BCUT2D eigenvalue weighted by Crippen LogP contribution is 2.26. The van der Waals surface area contributed by atoms with Gasteiger partial charge in [0.1, 0.15) is 0 Å². The van der Waals surface area contributed by atoms with Crippen LogP contribution in [-0.2, 0) is 22.4 Å². The number of benzene rings is 2. The van der Waals surface area contributed by atoms with Crippen molar-refractivity contribution in [2.24, 2.45) is 0 Å². The molecule has 0 atom stereocenters. The molecule has 172 valence electrons. The van der Waals surface area contributed by atoms with E-state index in [0.717, 1.165) is 29.6 Å². The molecule has 0 unspecified atom stereocenters. The molecule has 7 heteroatoms. The maximum atomic E-state index is 13.1. The molecule has 1 heterocycles. The molecule has 3 aromatic rings. The highest BCUT2D eigenvalue weighted by molar-refractivity contribution is 6.06. The van der Waals surface area contributed by atoms with Crippen LogP contribution >= 0.6 is 0 Å². The van der Waals surface area contributed by atoms with Crippen LogP contribution in [0.2, 0.25) is 0 Å². The molecule has 2 amide bonds. The second kappa shape index (κ2) is 11.2. The number of nitrogens with one attached hydrogen (secondary N) is 2. The Labute approximate surface area is 193 Å². The fraction of sp³-hybridized carbons (Fsp3) is 0.308. The van der Waals surface area contributed by atoms with Crippen LogP contribution in [-0.4, -0.2) is 35.9 Å². The maximum absolute atomic E-state index is 13.1. The largest absolute Gasteiger partial charge is 0.452 e. The van der Waals surface area contributed by atoms with Crippen LogP contribution in [0.5, 0.6) is 0 Å². The summed E-state index contributed by atoms with van der Waals surface area (Å²) in [6.07, 6.45) is 2.30. The summed E-state index contributed by atoms with van der Waals surface area (Å²) in [5, 5.41) is 6.11. The van der Waals surface area contributed by atoms with Crippen molar-refractivity contribution in [3.8, 4) is 0 Å². The third kappa shape index (κ3) is 5.74. The van der Waals surface area contributed by atoms with Gasteiger partial charge in [-0.3, -0.25) is 14.6 Å². The van der Waals surface area contributed by atoms with E-state index < -0.39 is 18.5 Å². The molecule has 0 bridgehead atoms. The van der Waals surface area contributed by atoms with Crippen LogP contribution in [0.3, 0.4) is 0 Å². The number of esters is 1. The number of aromatic nitrogens is 1. The number of nitrogens with zero attached hydrogens (tertiary/aromatic N) is 1.